The van der Waals surface area contributed by atoms with E-state index in [-0.39, 0.29) is 24.3 Å². The van der Waals surface area contributed by atoms with E-state index in [1.165, 1.54) is 0 Å². The topological polar surface area (TPSA) is 58.2 Å². The van der Waals surface area contributed by atoms with Crippen LogP contribution in [0.5, 0.6) is 0 Å². The minimum Gasteiger partial charge on any atom is -0.356 e. The van der Waals surface area contributed by atoms with E-state index in [0.29, 0.717) is 6.54 Å². The van der Waals surface area contributed by atoms with Gasteiger partial charge < -0.3 is 10.6 Å². The molecule has 0 heterocycles. The average molecular weight is 262 g/mol. The van der Waals surface area contributed by atoms with Crippen LogP contribution in [-0.4, -0.2) is 18.4 Å². The second-order valence-electron chi connectivity index (χ2n) is 4.58. The van der Waals surface area contributed by atoms with Crippen molar-refractivity contribution in [3.8, 4) is 0 Å². The number of carbonyl (C=O) groups excluding carboxylic acids is 2. The predicted octanol–water partition coefficient (Wildman–Crippen LogP) is 2.17. The van der Waals surface area contributed by atoms with Crippen molar-refractivity contribution >= 4 is 11.8 Å². The van der Waals surface area contributed by atoms with Crippen molar-refractivity contribution in [2.45, 2.75) is 39.2 Å². The zero-order valence-corrected chi connectivity index (χ0v) is 11.6. The van der Waals surface area contributed by atoms with Crippen molar-refractivity contribution in [3.05, 3.63) is 35.9 Å². The molecule has 0 aliphatic carbocycles. The Bertz CT molecular complexity index is 404. The first-order chi connectivity index (χ1) is 9.13. The Morgan fingerprint density at radius 1 is 1.16 bits per heavy atom. The number of hydrogen-bond acceptors (Lipinski definition) is 2. The van der Waals surface area contributed by atoms with Crippen LogP contribution in [0.25, 0.3) is 0 Å². The van der Waals surface area contributed by atoms with Crippen LogP contribution < -0.4 is 10.6 Å². The summed E-state index contributed by atoms with van der Waals surface area (Å²) in [5, 5.41) is 5.55. The van der Waals surface area contributed by atoms with Gasteiger partial charge in [0.2, 0.25) is 11.8 Å². The molecular weight excluding hydrogens is 240 g/mol. The number of carbonyl (C=O) groups is 2. The molecule has 0 spiro atoms. The van der Waals surface area contributed by atoms with Crippen LogP contribution in [0.4, 0.5) is 0 Å². The van der Waals surface area contributed by atoms with E-state index in [1.54, 1.807) is 0 Å². The smallest absolute Gasteiger partial charge is 0.229 e. The Balaban J connectivity index is 2.33. The lowest BCUT2D eigenvalue weighted by Crippen LogP contribution is -2.33. The van der Waals surface area contributed by atoms with Gasteiger partial charge in [-0.15, -0.1) is 0 Å². The molecule has 1 atom stereocenters. The van der Waals surface area contributed by atoms with Crippen LogP contribution in [0.1, 0.15) is 44.7 Å². The Hall–Kier alpha value is -1.84. The standard InChI is InChI=1S/C15H22N2O2/c1-3-4-10-16-14(18)11-15(19)17-12(2)13-8-6-5-7-9-13/h5-9,12H,3-4,10-11H2,1-2H3,(H,16,18)(H,17,19). The van der Waals surface area contributed by atoms with E-state index >= 15 is 0 Å². The quantitative estimate of drug-likeness (QED) is 0.584. The van der Waals surface area contributed by atoms with Gasteiger partial charge in [0, 0.05) is 6.54 Å². The number of benzene rings is 1. The maximum atomic E-state index is 11.7. The highest BCUT2D eigenvalue weighted by Crippen LogP contribution is 2.10. The summed E-state index contributed by atoms with van der Waals surface area (Å²) in [6, 6.07) is 9.60. The number of rotatable bonds is 7. The van der Waals surface area contributed by atoms with E-state index in [9.17, 15) is 9.59 Å². The minimum absolute atomic E-state index is 0.0860. The average Bonchev–Trinajstić information content (AvgIpc) is 2.39. The van der Waals surface area contributed by atoms with Gasteiger partial charge in [-0.1, -0.05) is 43.7 Å². The molecule has 0 saturated carbocycles. The Morgan fingerprint density at radius 2 is 1.84 bits per heavy atom. The molecular formula is C15H22N2O2. The Morgan fingerprint density at radius 3 is 2.47 bits per heavy atom. The van der Waals surface area contributed by atoms with Gasteiger partial charge in [0.15, 0.2) is 0 Å². The summed E-state index contributed by atoms with van der Waals surface area (Å²) in [7, 11) is 0. The van der Waals surface area contributed by atoms with Crippen LogP contribution in [0.15, 0.2) is 30.3 Å². The lowest BCUT2D eigenvalue weighted by Gasteiger charge is -2.14. The van der Waals surface area contributed by atoms with Crippen LogP contribution in [-0.2, 0) is 9.59 Å². The maximum absolute atomic E-state index is 11.7. The van der Waals surface area contributed by atoms with E-state index in [2.05, 4.69) is 17.6 Å². The third-order valence-corrected chi connectivity index (χ3v) is 2.85. The molecule has 0 saturated heterocycles. The maximum Gasteiger partial charge on any atom is 0.229 e. The number of nitrogens with one attached hydrogen (secondary N) is 2. The number of hydrogen-bond donors (Lipinski definition) is 2. The van der Waals surface area contributed by atoms with Crippen LogP contribution in [0.2, 0.25) is 0 Å². The third-order valence-electron chi connectivity index (χ3n) is 2.85. The van der Waals surface area contributed by atoms with Crippen LogP contribution in [0.3, 0.4) is 0 Å². The highest BCUT2D eigenvalue weighted by Gasteiger charge is 2.12. The second-order valence-corrected chi connectivity index (χ2v) is 4.58. The van der Waals surface area contributed by atoms with Gasteiger partial charge in [0.1, 0.15) is 6.42 Å². The highest BCUT2D eigenvalue weighted by molar-refractivity contribution is 5.96. The zero-order valence-electron chi connectivity index (χ0n) is 11.6. The molecule has 0 fully saturated rings. The molecule has 4 heteroatoms. The van der Waals surface area contributed by atoms with Gasteiger partial charge in [0.25, 0.3) is 0 Å². The third kappa shape index (κ3) is 6.04. The highest BCUT2D eigenvalue weighted by atomic mass is 16.2. The summed E-state index contributed by atoms with van der Waals surface area (Å²) >= 11 is 0. The van der Waals surface area contributed by atoms with E-state index < -0.39 is 0 Å². The first-order valence-electron chi connectivity index (χ1n) is 6.74. The molecule has 1 aromatic rings. The fraction of sp³-hybridized carbons (Fsp3) is 0.467. The van der Waals surface area contributed by atoms with Gasteiger partial charge in [-0.2, -0.15) is 0 Å². The fourth-order valence-corrected chi connectivity index (χ4v) is 1.73. The van der Waals surface area contributed by atoms with Crippen molar-refractivity contribution in [1.29, 1.82) is 0 Å². The number of unbranched alkanes of at least 4 members (excludes halogenated alkanes) is 1. The van der Waals surface area contributed by atoms with Gasteiger partial charge in [0.05, 0.1) is 6.04 Å². The van der Waals surface area contributed by atoms with E-state index in [4.69, 9.17) is 0 Å². The zero-order chi connectivity index (χ0) is 14.1. The van der Waals surface area contributed by atoms with Crippen molar-refractivity contribution in [2.24, 2.45) is 0 Å². The molecule has 0 aliphatic rings. The first-order valence-corrected chi connectivity index (χ1v) is 6.74. The fourth-order valence-electron chi connectivity index (χ4n) is 1.73. The molecule has 104 valence electrons. The molecule has 1 rings (SSSR count). The normalized spacial score (nSPS) is 11.7. The summed E-state index contributed by atoms with van der Waals surface area (Å²) in [6.45, 7) is 4.60. The summed E-state index contributed by atoms with van der Waals surface area (Å²) in [4.78, 5) is 23.2. The molecule has 0 aliphatic heterocycles. The molecule has 1 unspecified atom stereocenters. The monoisotopic (exact) mass is 262 g/mol. The second kappa shape index (κ2) is 8.29. The Kier molecular flexibility index (Phi) is 6.64. The van der Waals surface area contributed by atoms with Crippen molar-refractivity contribution < 1.29 is 9.59 Å². The van der Waals surface area contributed by atoms with Gasteiger partial charge in [-0.3, -0.25) is 9.59 Å². The van der Waals surface area contributed by atoms with E-state index in [0.717, 1.165) is 18.4 Å². The molecule has 0 aromatic heterocycles. The van der Waals surface area contributed by atoms with Gasteiger partial charge >= 0.3 is 0 Å². The summed E-state index contributed by atoms with van der Waals surface area (Å²) in [5.74, 6) is -0.462. The summed E-state index contributed by atoms with van der Waals surface area (Å²) in [5.41, 5.74) is 1.03. The van der Waals surface area contributed by atoms with E-state index in [1.807, 2.05) is 37.3 Å². The first kappa shape index (κ1) is 15.2. The molecule has 0 radical (unpaired) electrons. The summed E-state index contributed by atoms with van der Waals surface area (Å²) in [6.07, 6.45) is 1.85. The summed E-state index contributed by atoms with van der Waals surface area (Å²) < 4.78 is 0. The lowest BCUT2D eigenvalue weighted by molar-refractivity contribution is -0.129. The molecule has 0 bridgehead atoms. The molecule has 1 aromatic carbocycles. The SMILES string of the molecule is CCCCNC(=O)CC(=O)NC(C)c1ccccc1. The lowest BCUT2D eigenvalue weighted by atomic mass is 10.1. The minimum atomic E-state index is -0.245. The largest absolute Gasteiger partial charge is 0.356 e. The van der Waals surface area contributed by atoms with Crippen molar-refractivity contribution in [1.82, 2.24) is 10.6 Å². The predicted molar refractivity (Wildman–Crippen MR) is 75.5 cm³/mol. The number of amides is 2. The molecule has 19 heavy (non-hydrogen) atoms. The van der Waals surface area contributed by atoms with Crippen LogP contribution in [0, 0.1) is 0 Å². The molecule has 2 amide bonds. The van der Waals surface area contributed by atoms with Crippen molar-refractivity contribution in [3.63, 3.8) is 0 Å². The van der Waals surface area contributed by atoms with Gasteiger partial charge in [-0.25, -0.2) is 0 Å². The molecule has 4 nitrogen and oxygen atoms in total. The van der Waals surface area contributed by atoms with Crippen molar-refractivity contribution in [2.75, 3.05) is 6.54 Å². The van der Waals surface area contributed by atoms with Gasteiger partial charge in [-0.05, 0) is 18.9 Å². The molecule has 2 N–H and O–H groups in total. The van der Waals surface area contributed by atoms with Crippen LogP contribution >= 0.6 is 0 Å². The Labute approximate surface area is 114 Å².